The van der Waals surface area contributed by atoms with Gasteiger partial charge in [-0.05, 0) is 87.1 Å². The van der Waals surface area contributed by atoms with Crippen LogP contribution in [0.3, 0.4) is 0 Å². The van der Waals surface area contributed by atoms with Gasteiger partial charge in [0, 0.05) is 37.3 Å². The van der Waals surface area contributed by atoms with Crippen molar-refractivity contribution < 1.29 is 27.8 Å². The zero-order valence-corrected chi connectivity index (χ0v) is 20.4. The maximum absolute atomic E-state index is 13.0. The second kappa shape index (κ2) is 10.2. The molecule has 190 valence electrons. The zero-order chi connectivity index (χ0) is 25.3. The molecule has 0 aromatic heterocycles. The van der Waals surface area contributed by atoms with Crippen molar-refractivity contribution in [3.8, 4) is 5.75 Å². The molecule has 2 aromatic carbocycles. The summed E-state index contributed by atoms with van der Waals surface area (Å²) < 4.78 is 44.4. The monoisotopic (exact) mass is 490 g/mol. The summed E-state index contributed by atoms with van der Waals surface area (Å²) in [5.41, 5.74) is 3.06. The lowest BCUT2D eigenvalue weighted by Gasteiger charge is -2.49. The van der Waals surface area contributed by atoms with E-state index in [2.05, 4.69) is 17.9 Å². The number of amides is 1. The van der Waals surface area contributed by atoms with Gasteiger partial charge in [-0.15, -0.1) is 0 Å². The number of aliphatic hydroxyl groups is 1. The summed E-state index contributed by atoms with van der Waals surface area (Å²) in [6.07, 6.45) is -1.87. The van der Waals surface area contributed by atoms with E-state index in [-0.39, 0.29) is 30.2 Å². The van der Waals surface area contributed by atoms with Crippen molar-refractivity contribution >= 4 is 5.91 Å². The molecule has 0 unspecified atom stereocenters. The summed E-state index contributed by atoms with van der Waals surface area (Å²) in [7, 11) is 0. The minimum Gasteiger partial charge on any atom is -0.491 e. The van der Waals surface area contributed by atoms with Gasteiger partial charge in [0.05, 0.1) is 11.7 Å². The lowest BCUT2D eigenvalue weighted by molar-refractivity contribution is -0.137. The third kappa shape index (κ3) is 5.48. The van der Waals surface area contributed by atoms with E-state index in [1.807, 2.05) is 13.0 Å². The molecule has 1 N–H and O–H groups in total. The maximum atomic E-state index is 13.0. The van der Waals surface area contributed by atoms with Gasteiger partial charge in [0.15, 0.2) is 0 Å². The van der Waals surface area contributed by atoms with Crippen LogP contribution in [0.1, 0.15) is 64.8 Å². The van der Waals surface area contributed by atoms with Crippen molar-refractivity contribution in [1.29, 1.82) is 0 Å². The molecule has 4 rings (SSSR count). The number of piperidine rings is 1. The largest absolute Gasteiger partial charge is 0.491 e. The summed E-state index contributed by atoms with van der Waals surface area (Å²) in [5, 5.41) is 9.53. The number of halogens is 3. The quantitative estimate of drug-likeness (QED) is 0.631. The Bertz CT molecular complexity index is 1050. The molecule has 0 saturated carbocycles. The van der Waals surface area contributed by atoms with Gasteiger partial charge in [0.25, 0.3) is 5.91 Å². The Balaban J connectivity index is 1.46. The number of fused-ring (bicyclic) bond motifs is 1. The molecule has 2 saturated heterocycles. The van der Waals surface area contributed by atoms with E-state index < -0.39 is 17.8 Å². The zero-order valence-electron chi connectivity index (χ0n) is 20.4. The molecule has 2 aliphatic rings. The number of aliphatic hydroxyl groups excluding tert-OH is 1. The highest BCUT2D eigenvalue weighted by Crippen LogP contribution is 2.39. The van der Waals surface area contributed by atoms with Gasteiger partial charge in [0.1, 0.15) is 12.4 Å². The summed E-state index contributed by atoms with van der Waals surface area (Å²) in [6, 6.07) is 9.05. The number of hydrogen-bond donors (Lipinski definition) is 1. The Labute approximate surface area is 204 Å². The molecule has 0 radical (unpaired) electrons. The molecule has 0 aliphatic carbocycles. The first-order valence-corrected chi connectivity index (χ1v) is 12.2. The van der Waals surface area contributed by atoms with Crippen LogP contribution in [0.4, 0.5) is 13.2 Å². The topological polar surface area (TPSA) is 53.0 Å². The van der Waals surface area contributed by atoms with Crippen LogP contribution in [0.25, 0.3) is 0 Å². The SMILES string of the molecule is Cc1c(OC[C@@H](C)O)ccc([C@H]2CCC[C@H]3CN(C(=O)c4ccc(C(F)(F)F)cc4)CCN32)c1C. The first kappa shape index (κ1) is 25.5. The Morgan fingerprint density at radius 1 is 1.09 bits per heavy atom. The third-order valence-corrected chi connectivity index (χ3v) is 7.31. The Hall–Kier alpha value is -2.58. The Morgan fingerprint density at radius 2 is 1.80 bits per heavy atom. The van der Waals surface area contributed by atoms with Gasteiger partial charge in [-0.25, -0.2) is 0 Å². The lowest BCUT2D eigenvalue weighted by Crippen LogP contribution is -2.57. The molecule has 2 aromatic rings. The van der Waals surface area contributed by atoms with Crippen LogP contribution in [0, 0.1) is 13.8 Å². The number of ether oxygens (including phenoxy) is 1. The van der Waals surface area contributed by atoms with Crippen LogP contribution in [0.5, 0.6) is 5.75 Å². The number of carbonyl (C=O) groups is 1. The Morgan fingerprint density at radius 3 is 2.46 bits per heavy atom. The molecule has 35 heavy (non-hydrogen) atoms. The minimum atomic E-state index is -4.41. The van der Waals surface area contributed by atoms with Crippen molar-refractivity contribution in [3.63, 3.8) is 0 Å². The van der Waals surface area contributed by atoms with Crippen molar-refractivity contribution in [2.45, 2.75) is 64.4 Å². The van der Waals surface area contributed by atoms with Crippen LogP contribution in [0.15, 0.2) is 36.4 Å². The summed E-state index contributed by atoms with van der Waals surface area (Å²) in [5.74, 6) is 0.568. The molecule has 2 heterocycles. The van der Waals surface area contributed by atoms with Crippen LogP contribution in [-0.2, 0) is 6.18 Å². The molecule has 1 amide bonds. The fraction of sp³-hybridized carbons (Fsp3) is 0.519. The smallest absolute Gasteiger partial charge is 0.416 e. The van der Waals surface area contributed by atoms with E-state index >= 15 is 0 Å². The molecular weight excluding hydrogens is 457 g/mol. The molecule has 8 heteroatoms. The van der Waals surface area contributed by atoms with E-state index in [1.165, 1.54) is 23.3 Å². The number of alkyl halides is 3. The standard InChI is InChI=1S/C27H33F3N2O3/c1-17(33)16-35-25-12-11-23(18(2)19(25)3)24-6-4-5-22-15-31(13-14-32(22)24)26(34)20-7-9-21(10-8-20)27(28,29)30/h7-12,17,22,24,33H,4-6,13-16H2,1-3H3/t17-,22+,24-/m1/s1. The fourth-order valence-corrected chi connectivity index (χ4v) is 5.30. The molecule has 2 fully saturated rings. The van der Waals surface area contributed by atoms with Crippen LogP contribution in [0.2, 0.25) is 0 Å². The number of nitrogens with zero attached hydrogens (tertiary/aromatic N) is 2. The first-order chi connectivity index (χ1) is 16.6. The van der Waals surface area contributed by atoms with E-state index in [0.717, 1.165) is 49.3 Å². The van der Waals surface area contributed by atoms with Crippen molar-refractivity contribution in [3.05, 3.63) is 64.2 Å². The summed E-state index contributed by atoms with van der Waals surface area (Å²) in [6.45, 7) is 7.93. The predicted molar refractivity (Wildman–Crippen MR) is 128 cm³/mol. The molecule has 3 atom stereocenters. The average Bonchev–Trinajstić information content (AvgIpc) is 2.83. The van der Waals surface area contributed by atoms with Gasteiger partial charge in [0.2, 0.25) is 0 Å². The molecular formula is C27H33F3N2O3. The number of rotatable bonds is 5. The number of carbonyl (C=O) groups excluding carboxylic acids is 1. The second-order valence-electron chi connectivity index (χ2n) is 9.73. The van der Waals surface area contributed by atoms with Crippen molar-refractivity contribution in [2.24, 2.45) is 0 Å². The first-order valence-electron chi connectivity index (χ1n) is 12.2. The van der Waals surface area contributed by atoms with E-state index in [9.17, 15) is 23.1 Å². The maximum Gasteiger partial charge on any atom is 0.416 e. The van der Waals surface area contributed by atoms with E-state index in [0.29, 0.717) is 13.1 Å². The van der Waals surface area contributed by atoms with Crippen LogP contribution in [-0.4, -0.2) is 59.2 Å². The van der Waals surface area contributed by atoms with E-state index in [4.69, 9.17) is 4.74 Å². The average molecular weight is 491 g/mol. The van der Waals surface area contributed by atoms with Crippen LogP contribution >= 0.6 is 0 Å². The number of benzene rings is 2. The highest BCUT2D eigenvalue weighted by molar-refractivity contribution is 5.94. The number of piperazine rings is 1. The highest BCUT2D eigenvalue weighted by Gasteiger charge is 2.38. The van der Waals surface area contributed by atoms with Crippen molar-refractivity contribution in [2.75, 3.05) is 26.2 Å². The Kier molecular flexibility index (Phi) is 7.43. The van der Waals surface area contributed by atoms with Crippen LogP contribution < -0.4 is 4.74 Å². The van der Waals surface area contributed by atoms with Gasteiger partial charge in [-0.3, -0.25) is 9.69 Å². The molecule has 2 aliphatic heterocycles. The van der Waals surface area contributed by atoms with Gasteiger partial charge >= 0.3 is 6.18 Å². The lowest BCUT2D eigenvalue weighted by atomic mass is 9.86. The predicted octanol–water partition coefficient (Wildman–Crippen LogP) is 5.13. The normalized spacial score (nSPS) is 22.0. The van der Waals surface area contributed by atoms with Gasteiger partial charge in [-0.1, -0.05) is 6.07 Å². The summed E-state index contributed by atoms with van der Waals surface area (Å²) in [4.78, 5) is 17.3. The van der Waals surface area contributed by atoms with Gasteiger partial charge < -0.3 is 14.7 Å². The molecule has 5 nitrogen and oxygen atoms in total. The second-order valence-corrected chi connectivity index (χ2v) is 9.73. The van der Waals surface area contributed by atoms with E-state index in [1.54, 1.807) is 11.8 Å². The highest BCUT2D eigenvalue weighted by atomic mass is 19.4. The fourth-order valence-electron chi connectivity index (χ4n) is 5.30. The van der Waals surface area contributed by atoms with Gasteiger partial charge in [-0.2, -0.15) is 13.2 Å². The third-order valence-electron chi connectivity index (χ3n) is 7.31. The minimum absolute atomic E-state index is 0.215. The number of hydrogen-bond acceptors (Lipinski definition) is 4. The molecule has 0 bridgehead atoms. The van der Waals surface area contributed by atoms with Crippen molar-refractivity contribution in [1.82, 2.24) is 9.80 Å². The molecule has 0 spiro atoms. The summed E-state index contributed by atoms with van der Waals surface area (Å²) >= 11 is 0.